The van der Waals surface area contributed by atoms with Crippen LogP contribution in [0.5, 0.6) is 0 Å². The molecule has 0 fully saturated rings. The van der Waals surface area contributed by atoms with Crippen LogP contribution in [0.4, 0.5) is 13.2 Å². The number of hydrogen-bond donors (Lipinski definition) is 0. The largest absolute Gasteiger partial charge is 0.529 e. The molecule has 0 saturated carbocycles. The zero-order valence-corrected chi connectivity index (χ0v) is 21.2. The molecule has 0 aromatic heterocycles. The Balaban J connectivity index is 0. The van der Waals surface area contributed by atoms with Crippen LogP contribution in [0.25, 0.3) is 0 Å². The Morgan fingerprint density at radius 2 is 1.03 bits per heavy atom. The van der Waals surface area contributed by atoms with E-state index in [2.05, 4.69) is 6.58 Å². The molecule has 0 spiro atoms. The van der Waals surface area contributed by atoms with Gasteiger partial charge in [0.2, 0.25) is 0 Å². The van der Waals surface area contributed by atoms with Crippen LogP contribution in [-0.4, -0.2) is 106 Å². The smallest absolute Gasteiger partial charge is 0.382 e. The van der Waals surface area contributed by atoms with E-state index < -0.39 is 30.2 Å². The minimum absolute atomic E-state index is 0.250. The predicted molar refractivity (Wildman–Crippen MR) is 112 cm³/mol. The van der Waals surface area contributed by atoms with Gasteiger partial charge in [-0.15, -0.1) is 0 Å². The van der Waals surface area contributed by atoms with Crippen LogP contribution in [0.15, 0.2) is 12.3 Å². The lowest BCUT2D eigenvalue weighted by Gasteiger charge is -2.26. The maximum atomic E-state index is 11.9. The van der Waals surface area contributed by atoms with Gasteiger partial charge in [0.25, 0.3) is 0 Å². The number of rotatable bonds is 18. The van der Waals surface area contributed by atoms with Crippen LogP contribution in [0.2, 0.25) is 6.04 Å². The second kappa shape index (κ2) is 19.1. The average molecular weight is 499 g/mol. The molecule has 0 aromatic rings. The van der Waals surface area contributed by atoms with Gasteiger partial charge in [0.05, 0.1) is 39.6 Å². The summed E-state index contributed by atoms with van der Waals surface area (Å²) in [6, 6.07) is -0.250. The molecule has 0 atom stereocenters. The Bertz CT molecular complexity index is 393. The summed E-state index contributed by atoms with van der Waals surface area (Å²) in [6.07, 6.45) is -5.15. The van der Waals surface area contributed by atoms with Crippen LogP contribution in [0, 0.1) is 0 Å². The van der Waals surface area contributed by atoms with Crippen molar-refractivity contribution in [3.8, 4) is 0 Å². The lowest BCUT2D eigenvalue weighted by molar-refractivity contribution is -0.132. The quantitative estimate of drug-likeness (QED) is 0.209. The first-order valence-electron chi connectivity index (χ1n) is 9.38. The standard InChI is InChI=1S/C11H24O6Si.C6H13F3O3Si/c1-5-18(15-9-6-12-2,16-10-7-13-3)17-11-8-14-4;1-10-13(11-2,12-3)5-4-6(7,8)9/h5H,1,6-11H2,2-4H3;4-5H2,1-3H3. The van der Waals surface area contributed by atoms with E-state index in [1.807, 2.05) is 0 Å². The van der Waals surface area contributed by atoms with Crippen molar-refractivity contribution in [1.29, 1.82) is 0 Å². The van der Waals surface area contributed by atoms with Crippen molar-refractivity contribution >= 4 is 17.6 Å². The van der Waals surface area contributed by atoms with E-state index in [0.717, 1.165) is 0 Å². The van der Waals surface area contributed by atoms with E-state index in [0.29, 0.717) is 39.6 Å². The van der Waals surface area contributed by atoms with Gasteiger partial charge in [-0.05, 0) is 5.70 Å². The average Bonchev–Trinajstić information content (AvgIpc) is 2.75. The summed E-state index contributed by atoms with van der Waals surface area (Å²) in [4.78, 5) is 0. The molecule has 0 aromatic carbocycles. The van der Waals surface area contributed by atoms with Crippen LogP contribution in [-0.2, 0) is 40.8 Å². The Morgan fingerprint density at radius 1 is 0.677 bits per heavy atom. The Morgan fingerprint density at radius 3 is 1.26 bits per heavy atom. The molecule has 31 heavy (non-hydrogen) atoms. The number of methoxy groups -OCH3 is 3. The van der Waals surface area contributed by atoms with Crippen molar-refractivity contribution in [2.24, 2.45) is 0 Å². The maximum Gasteiger partial charge on any atom is 0.529 e. The van der Waals surface area contributed by atoms with Gasteiger partial charge >= 0.3 is 23.8 Å². The monoisotopic (exact) mass is 498 g/mol. The molecule has 188 valence electrons. The lowest BCUT2D eigenvalue weighted by Crippen LogP contribution is -2.46. The predicted octanol–water partition coefficient (Wildman–Crippen LogP) is 2.46. The highest BCUT2D eigenvalue weighted by atomic mass is 28.4. The second-order valence-electron chi connectivity index (χ2n) is 5.74. The first-order valence-corrected chi connectivity index (χ1v) is 13.1. The van der Waals surface area contributed by atoms with Gasteiger partial charge in [-0.1, -0.05) is 6.58 Å². The minimum Gasteiger partial charge on any atom is -0.382 e. The zero-order chi connectivity index (χ0) is 24.2. The van der Waals surface area contributed by atoms with E-state index in [9.17, 15) is 13.2 Å². The third kappa shape index (κ3) is 16.8. The Labute approximate surface area is 185 Å². The van der Waals surface area contributed by atoms with Gasteiger partial charge in [0.1, 0.15) is 0 Å². The molecule has 0 heterocycles. The van der Waals surface area contributed by atoms with E-state index in [-0.39, 0.29) is 6.04 Å². The number of halogens is 3. The fourth-order valence-electron chi connectivity index (χ4n) is 1.95. The van der Waals surface area contributed by atoms with Crippen molar-refractivity contribution in [3.63, 3.8) is 0 Å². The van der Waals surface area contributed by atoms with Crippen LogP contribution in [0.1, 0.15) is 6.42 Å². The molecule has 9 nitrogen and oxygen atoms in total. The fourth-order valence-corrected chi connectivity index (χ4v) is 5.36. The topological polar surface area (TPSA) is 83.1 Å². The van der Waals surface area contributed by atoms with E-state index in [1.165, 1.54) is 21.3 Å². The molecule has 0 saturated heterocycles. The van der Waals surface area contributed by atoms with Crippen molar-refractivity contribution < 1.29 is 53.9 Å². The fraction of sp³-hybridized carbons (Fsp3) is 0.882. The first-order chi connectivity index (χ1) is 14.6. The summed E-state index contributed by atoms with van der Waals surface area (Å²) in [6.45, 7) is 6.35. The molecular weight excluding hydrogens is 461 g/mol. The Hall–Kier alpha value is -0.396. The second-order valence-corrected chi connectivity index (χ2v) is 11.3. The molecule has 0 N–H and O–H groups in total. The molecule has 14 heteroatoms. The van der Waals surface area contributed by atoms with Crippen molar-refractivity contribution in [3.05, 3.63) is 12.3 Å². The zero-order valence-electron chi connectivity index (χ0n) is 19.2. The molecule has 0 aliphatic carbocycles. The normalized spacial score (nSPS) is 12.4. The summed E-state index contributed by atoms with van der Waals surface area (Å²) in [5.74, 6) is 0. The lowest BCUT2D eigenvalue weighted by atomic mass is 10.5. The Kier molecular flexibility index (Phi) is 20.2. The van der Waals surface area contributed by atoms with Crippen LogP contribution < -0.4 is 0 Å². The van der Waals surface area contributed by atoms with Crippen LogP contribution >= 0.6 is 0 Å². The number of alkyl halides is 3. The minimum atomic E-state index is -4.20. The number of hydrogen-bond acceptors (Lipinski definition) is 9. The third-order valence-corrected chi connectivity index (χ3v) is 8.72. The van der Waals surface area contributed by atoms with Gasteiger partial charge in [-0.2, -0.15) is 13.2 Å². The molecule has 0 aliphatic heterocycles. The highest BCUT2D eigenvalue weighted by Gasteiger charge is 2.42. The SMILES string of the molecule is C=C[Si](OCCOC)(OCCOC)OCCOC.CO[Si](CCC(F)(F)F)(OC)OC. The highest BCUT2D eigenvalue weighted by Crippen LogP contribution is 2.26. The van der Waals surface area contributed by atoms with Gasteiger partial charge in [-0.3, -0.25) is 0 Å². The van der Waals surface area contributed by atoms with E-state index >= 15 is 0 Å². The molecule has 0 unspecified atom stereocenters. The summed E-state index contributed by atoms with van der Waals surface area (Å²) < 4.78 is 81.8. The molecule has 0 radical (unpaired) electrons. The summed E-state index contributed by atoms with van der Waals surface area (Å²) >= 11 is 0. The van der Waals surface area contributed by atoms with E-state index in [4.69, 9.17) is 40.8 Å². The molecule has 0 rings (SSSR count). The maximum absolute atomic E-state index is 11.9. The van der Waals surface area contributed by atoms with Crippen molar-refractivity contribution in [2.75, 3.05) is 82.3 Å². The first kappa shape index (κ1) is 32.8. The van der Waals surface area contributed by atoms with Gasteiger partial charge in [-0.25, -0.2) is 0 Å². The summed E-state index contributed by atoms with van der Waals surface area (Å²) in [5.41, 5.74) is 1.61. The van der Waals surface area contributed by atoms with Crippen molar-refractivity contribution in [2.45, 2.75) is 18.6 Å². The van der Waals surface area contributed by atoms with E-state index in [1.54, 1.807) is 27.0 Å². The van der Waals surface area contributed by atoms with Crippen LogP contribution in [0.3, 0.4) is 0 Å². The summed E-state index contributed by atoms with van der Waals surface area (Å²) in [5, 5.41) is 0. The highest BCUT2D eigenvalue weighted by molar-refractivity contribution is 6.66. The molecule has 0 aliphatic rings. The molecule has 0 amide bonds. The molecular formula is C17H37F3O9Si2. The number of ether oxygens (including phenoxy) is 3. The third-order valence-electron chi connectivity index (χ3n) is 3.67. The summed E-state index contributed by atoms with van der Waals surface area (Å²) in [7, 11) is 2.78. The van der Waals surface area contributed by atoms with Gasteiger partial charge in [0.15, 0.2) is 0 Å². The van der Waals surface area contributed by atoms with Gasteiger partial charge < -0.3 is 40.8 Å². The van der Waals surface area contributed by atoms with Gasteiger partial charge in [0, 0.05) is 55.1 Å². The molecule has 0 bridgehead atoms. The van der Waals surface area contributed by atoms with Crippen molar-refractivity contribution in [1.82, 2.24) is 0 Å².